The van der Waals surface area contributed by atoms with Gasteiger partial charge in [-0.05, 0) is 81.0 Å². The Bertz CT molecular complexity index is 1030. The van der Waals surface area contributed by atoms with E-state index in [1.54, 1.807) is 6.07 Å². The summed E-state index contributed by atoms with van der Waals surface area (Å²) in [5.41, 5.74) is 4.70. The second-order valence-electron chi connectivity index (χ2n) is 9.82. The normalized spacial score (nSPS) is 21.1. The van der Waals surface area contributed by atoms with Gasteiger partial charge in [0.15, 0.2) is 0 Å². The fraction of sp³-hybridized carbons (Fsp3) is 0.556. The Kier molecular flexibility index (Phi) is 7.11. The van der Waals surface area contributed by atoms with E-state index in [9.17, 15) is 14.3 Å². The number of hydrogen-bond acceptors (Lipinski definition) is 5. The topological polar surface area (TPSA) is 74.7 Å². The zero-order chi connectivity index (χ0) is 23.5. The molecule has 1 saturated heterocycles. The number of benzene rings is 1. The summed E-state index contributed by atoms with van der Waals surface area (Å²) in [6.07, 6.45) is 7.84. The molecule has 1 aromatic heterocycles. The quantitative estimate of drug-likeness (QED) is 0.494. The van der Waals surface area contributed by atoms with Gasteiger partial charge in [-0.1, -0.05) is 12.1 Å². The molecule has 3 aliphatic rings. The number of aromatic nitrogens is 1. The van der Waals surface area contributed by atoms with Gasteiger partial charge in [0, 0.05) is 37.5 Å². The Hall–Kier alpha value is -2.51. The smallest absolute Gasteiger partial charge is 0.325 e. The molecule has 0 radical (unpaired) electrons. The van der Waals surface area contributed by atoms with Crippen LogP contribution in [0.1, 0.15) is 73.0 Å². The van der Waals surface area contributed by atoms with Crippen molar-refractivity contribution in [1.29, 1.82) is 0 Å². The lowest BCUT2D eigenvalue weighted by molar-refractivity contribution is -0.143. The van der Waals surface area contributed by atoms with Crippen LogP contribution in [0.4, 0.5) is 10.1 Å². The number of carbonyl (C=O) groups is 1. The minimum atomic E-state index is -0.986. The zero-order valence-corrected chi connectivity index (χ0v) is 19.6. The molecule has 2 N–H and O–H groups in total. The van der Waals surface area contributed by atoms with Crippen molar-refractivity contribution in [2.45, 2.75) is 69.4 Å². The van der Waals surface area contributed by atoms with Gasteiger partial charge in [0.05, 0.1) is 17.5 Å². The SMILES string of the molecule is O=C(O)C(c1c(F)cccc1C1CC1)N1CC[C@@H](OCCCCc2ccc3c(n2)CCCN3)C1. The minimum absolute atomic E-state index is 0.00839. The van der Waals surface area contributed by atoms with Gasteiger partial charge in [0.25, 0.3) is 0 Å². The van der Waals surface area contributed by atoms with Crippen molar-refractivity contribution in [3.63, 3.8) is 0 Å². The third-order valence-corrected chi connectivity index (χ3v) is 7.27. The number of carboxylic acids is 1. The van der Waals surface area contributed by atoms with Crippen LogP contribution in [0.3, 0.4) is 0 Å². The first-order chi connectivity index (χ1) is 16.6. The van der Waals surface area contributed by atoms with E-state index in [1.807, 2.05) is 11.0 Å². The largest absolute Gasteiger partial charge is 0.480 e. The van der Waals surface area contributed by atoms with E-state index in [4.69, 9.17) is 9.72 Å². The van der Waals surface area contributed by atoms with Crippen molar-refractivity contribution in [3.8, 4) is 0 Å². The van der Waals surface area contributed by atoms with Crippen molar-refractivity contribution in [1.82, 2.24) is 9.88 Å². The monoisotopic (exact) mass is 467 g/mol. The fourth-order valence-corrected chi connectivity index (χ4v) is 5.35. The zero-order valence-electron chi connectivity index (χ0n) is 19.6. The van der Waals surface area contributed by atoms with E-state index in [2.05, 4.69) is 17.4 Å². The number of aryl methyl sites for hydroxylation is 2. The first-order valence-electron chi connectivity index (χ1n) is 12.7. The standard InChI is InChI=1S/C27H34FN3O3/c28-22-7-3-6-21(18-9-10-18)25(22)26(27(32)33)31-15-13-20(17-31)34-16-2-1-5-19-11-12-23-24(30-19)8-4-14-29-23/h3,6-7,11-12,18,20,26,29H,1-2,4-5,8-10,13-17H2,(H,32,33)/t20-,26?/m1/s1. The highest BCUT2D eigenvalue weighted by Gasteiger charge is 2.39. The van der Waals surface area contributed by atoms with Gasteiger partial charge < -0.3 is 15.2 Å². The van der Waals surface area contributed by atoms with Gasteiger partial charge in [-0.3, -0.25) is 14.7 Å². The van der Waals surface area contributed by atoms with Crippen molar-refractivity contribution in [3.05, 3.63) is 58.7 Å². The molecule has 1 aromatic carbocycles. The van der Waals surface area contributed by atoms with E-state index in [0.717, 1.165) is 69.2 Å². The van der Waals surface area contributed by atoms with Crippen LogP contribution >= 0.6 is 0 Å². The number of anilines is 1. The number of aliphatic carboxylic acids is 1. The maximum atomic E-state index is 14.8. The van der Waals surface area contributed by atoms with E-state index in [-0.39, 0.29) is 6.10 Å². The molecule has 182 valence electrons. The van der Waals surface area contributed by atoms with Crippen LogP contribution < -0.4 is 5.32 Å². The summed E-state index contributed by atoms with van der Waals surface area (Å²) in [5, 5.41) is 13.4. The lowest BCUT2D eigenvalue weighted by Crippen LogP contribution is -2.34. The number of unbranched alkanes of at least 4 members (excludes halogenated alkanes) is 1. The Morgan fingerprint density at radius 1 is 1.24 bits per heavy atom. The van der Waals surface area contributed by atoms with Crippen LogP contribution in [0, 0.1) is 5.82 Å². The number of likely N-dealkylation sites (tertiary alicyclic amines) is 1. The third kappa shape index (κ3) is 5.26. The summed E-state index contributed by atoms with van der Waals surface area (Å²) < 4.78 is 20.9. The molecular formula is C27H34FN3O3. The highest BCUT2D eigenvalue weighted by Crippen LogP contribution is 2.45. The Morgan fingerprint density at radius 3 is 2.94 bits per heavy atom. The summed E-state index contributed by atoms with van der Waals surface area (Å²) in [6, 6.07) is 8.27. The van der Waals surface area contributed by atoms with Gasteiger partial charge in [0.1, 0.15) is 11.9 Å². The first kappa shape index (κ1) is 23.2. The van der Waals surface area contributed by atoms with Crippen molar-refractivity contribution < 1.29 is 19.0 Å². The molecule has 1 unspecified atom stereocenters. The minimum Gasteiger partial charge on any atom is -0.480 e. The molecule has 2 aromatic rings. The van der Waals surface area contributed by atoms with Crippen molar-refractivity contribution >= 4 is 11.7 Å². The summed E-state index contributed by atoms with van der Waals surface area (Å²) >= 11 is 0. The molecule has 2 aliphatic heterocycles. The van der Waals surface area contributed by atoms with Crippen LogP contribution in [-0.4, -0.2) is 53.3 Å². The van der Waals surface area contributed by atoms with Crippen molar-refractivity contribution in [2.24, 2.45) is 0 Å². The van der Waals surface area contributed by atoms with E-state index in [0.29, 0.717) is 31.2 Å². The Labute approximate surface area is 200 Å². The van der Waals surface area contributed by atoms with Crippen LogP contribution in [0.15, 0.2) is 30.3 Å². The third-order valence-electron chi connectivity index (χ3n) is 7.27. The maximum Gasteiger partial charge on any atom is 0.325 e. The molecule has 0 spiro atoms. The van der Waals surface area contributed by atoms with Crippen LogP contribution in [0.25, 0.3) is 0 Å². The van der Waals surface area contributed by atoms with E-state index >= 15 is 0 Å². The number of pyridine rings is 1. The van der Waals surface area contributed by atoms with E-state index < -0.39 is 17.8 Å². The summed E-state index contributed by atoms with van der Waals surface area (Å²) in [7, 11) is 0. The first-order valence-corrected chi connectivity index (χ1v) is 12.7. The molecule has 1 aliphatic carbocycles. The van der Waals surface area contributed by atoms with Gasteiger partial charge in [-0.25, -0.2) is 4.39 Å². The number of ether oxygens (including phenoxy) is 1. The molecule has 2 fully saturated rings. The van der Waals surface area contributed by atoms with Crippen molar-refractivity contribution in [2.75, 3.05) is 31.6 Å². The molecule has 5 rings (SSSR count). The van der Waals surface area contributed by atoms with Gasteiger partial charge in [-0.2, -0.15) is 0 Å². The molecule has 0 bridgehead atoms. The number of nitrogens with zero attached hydrogens (tertiary/aromatic N) is 2. The van der Waals surface area contributed by atoms with Crippen LogP contribution in [-0.2, 0) is 22.4 Å². The number of hydrogen-bond donors (Lipinski definition) is 2. The molecule has 1 saturated carbocycles. The maximum absolute atomic E-state index is 14.8. The summed E-state index contributed by atoms with van der Waals surface area (Å²) in [5.74, 6) is -1.10. The number of nitrogens with one attached hydrogen (secondary N) is 1. The second kappa shape index (κ2) is 10.4. The summed E-state index contributed by atoms with van der Waals surface area (Å²) in [4.78, 5) is 18.9. The highest BCUT2D eigenvalue weighted by atomic mass is 19.1. The molecule has 7 heteroatoms. The van der Waals surface area contributed by atoms with Gasteiger partial charge in [0.2, 0.25) is 0 Å². The molecule has 3 heterocycles. The van der Waals surface area contributed by atoms with Crippen LogP contribution in [0.5, 0.6) is 0 Å². The van der Waals surface area contributed by atoms with Gasteiger partial charge in [-0.15, -0.1) is 0 Å². The predicted octanol–water partition coefficient (Wildman–Crippen LogP) is 4.70. The number of carboxylic acid groups (broad SMARTS) is 1. The fourth-order valence-electron chi connectivity index (χ4n) is 5.35. The molecule has 34 heavy (non-hydrogen) atoms. The Balaban J connectivity index is 1.11. The average molecular weight is 468 g/mol. The molecular weight excluding hydrogens is 433 g/mol. The number of fused-ring (bicyclic) bond motifs is 1. The lowest BCUT2D eigenvalue weighted by atomic mass is 9.95. The Morgan fingerprint density at radius 2 is 2.12 bits per heavy atom. The molecule has 0 amide bonds. The van der Waals surface area contributed by atoms with Gasteiger partial charge >= 0.3 is 5.97 Å². The number of halogens is 1. The number of rotatable bonds is 10. The summed E-state index contributed by atoms with van der Waals surface area (Å²) in [6.45, 7) is 2.80. The average Bonchev–Trinajstić information content (AvgIpc) is 3.58. The predicted molar refractivity (Wildman–Crippen MR) is 129 cm³/mol. The lowest BCUT2D eigenvalue weighted by Gasteiger charge is -2.27. The second-order valence-corrected chi connectivity index (χ2v) is 9.82. The highest BCUT2D eigenvalue weighted by molar-refractivity contribution is 5.76. The van der Waals surface area contributed by atoms with E-state index in [1.165, 1.54) is 17.4 Å². The molecule has 2 atom stereocenters. The van der Waals surface area contributed by atoms with Crippen LogP contribution in [0.2, 0.25) is 0 Å². The molecule has 6 nitrogen and oxygen atoms in total.